The lowest BCUT2D eigenvalue weighted by molar-refractivity contribution is -0.577. The van der Waals surface area contributed by atoms with Crippen molar-refractivity contribution in [1.82, 2.24) is 9.78 Å². The molecular formula is C27H21FN4O4. The van der Waals surface area contributed by atoms with Crippen LogP contribution in [0.2, 0.25) is 0 Å². The van der Waals surface area contributed by atoms with Crippen LogP contribution >= 0.6 is 0 Å². The molecule has 2 aromatic heterocycles. The largest absolute Gasteiger partial charge is 0.858 e. The number of carbonyl (C=O) groups is 2. The zero-order chi connectivity index (χ0) is 25.6. The third kappa shape index (κ3) is 3.70. The quantitative estimate of drug-likeness (QED) is 0.321. The van der Waals surface area contributed by atoms with Gasteiger partial charge in [0.05, 0.1) is 24.2 Å². The van der Waals surface area contributed by atoms with Crippen molar-refractivity contribution >= 4 is 28.8 Å². The normalized spacial score (nSPS) is 13.6. The molecule has 36 heavy (non-hydrogen) atoms. The molecule has 9 heteroatoms. The van der Waals surface area contributed by atoms with Crippen LogP contribution in [0, 0.1) is 19.7 Å². The van der Waals surface area contributed by atoms with Crippen molar-refractivity contribution in [3.8, 4) is 17.3 Å². The van der Waals surface area contributed by atoms with E-state index in [9.17, 15) is 19.1 Å². The fourth-order valence-corrected chi connectivity index (χ4v) is 4.23. The highest BCUT2D eigenvalue weighted by molar-refractivity contribution is 6.53. The van der Waals surface area contributed by atoms with E-state index in [1.165, 1.54) is 31.4 Å². The Hall–Kier alpha value is -4.79. The Labute approximate surface area is 206 Å². The Kier molecular flexibility index (Phi) is 5.60. The molecule has 5 rings (SSSR count). The second-order valence-electron chi connectivity index (χ2n) is 8.31. The van der Waals surface area contributed by atoms with Gasteiger partial charge in [-0.2, -0.15) is 9.67 Å². The first-order chi connectivity index (χ1) is 17.3. The molecule has 2 amide bonds. The number of carbonyl (C=O) groups excluding carboxylic acids is 2. The van der Waals surface area contributed by atoms with E-state index in [4.69, 9.17) is 4.74 Å². The van der Waals surface area contributed by atoms with E-state index in [0.717, 1.165) is 15.1 Å². The second-order valence-corrected chi connectivity index (χ2v) is 8.31. The number of benzene rings is 2. The summed E-state index contributed by atoms with van der Waals surface area (Å²) in [6.07, 6.45) is 3.36. The van der Waals surface area contributed by atoms with Crippen molar-refractivity contribution in [2.75, 3.05) is 12.0 Å². The molecule has 0 saturated carbocycles. The molecule has 0 unspecified atom stereocenters. The van der Waals surface area contributed by atoms with E-state index in [1.54, 1.807) is 54.2 Å². The Morgan fingerprint density at radius 2 is 1.61 bits per heavy atom. The molecule has 0 saturated heterocycles. The number of rotatable bonds is 5. The van der Waals surface area contributed by atoms with Crippen LogP contribution in [0.3, 0.4) is 0 Å². The molecule has 0 atom stereocenters. The first-order valence-electron chi connectivity index (χ1n) is 11.1. The maximum atomic E-state index is 13.8. The minimum Gasteiger partial charge on any atom is -0.858 e. The van der Waals surface area contributed by atoms with Crippen molar-refractivity contribution in [1.29, 1.82) is 0 Å². The standard InChI is InChI=1S/C27H21FN4O4/c1-16-5-4-14-30(15-16)24-23(25(33)31(27(24)35)19-10-12-21(36-3)13-11-19)22-17(2)29-32(26(22)34)20-8-6-18(28)7-9-20/h4-15H,1-3H3. The van der Waals surface area contributed by atoms with Gasteiger partial charge < -0.3 is 9.84 Å². The molecule has 180 valence electrons. The van der Waals surface area contributed by atoms with Crippen molar-refractivity contribution in [2.45, 2.75) is 13.8 Å². The molecule has 3 heterocycles. The number of imide groups is 1. The Morgan fingerprint density at radius 1 is 0.944 bits per heavy atom. The average molecular weight is 484 g/mol. The van der Waals surface area contributed by atoms with Crippen molar-refractivity contribution in [2.24, 2.45) is 0 Å². The van der Waals surface area contributed by atoms with Gasteiger partial charge >= 0.3 is 5.91 Å². The van der Waals surface area contributed by atoms with E-state index >= 15 is 0 Å². The molecular weight excluding hydrogens is 463 g/mol. The second kappa shape index (κ2) is 8.77. The number of anilines is 1. The third-order valence-corrected chi connectivity index (χ3v) is 5.94. The number of pyridine rings is 1. The topological polar surface area (TPSA) is 91.4 Å². The number of methoxy groups -OCH3 is 1. The maximum absolute atomic E-state index is 13.8. The Balaban J connectivity index is 1.72. The number of amides is 2. The number of aryl methyl sites for hydroxylation is 2. The van der Waals surface area contributed by atoms with Crippen LogP contribution in [0.1, 0.15) is 16.8 Å². The lowest BCUT2D eigenvalue weighted by atomic mass is 10.0. The molecule has 0 fully saturated rings. The lowest BCUT2D eigenvalue weighted by Crippen LogP contribution is -2.39. The summed E-state index contributed by atoms with van der Waals surface area (Å²) in [5.74, 6) is -1.70. The third-order valence-electron chi connectivity index (χ3n) is 5.94. The van der Waals surface area contributed by atoms with Gasteiger partial charge in [0, 0.05) is 17.2 Å². The minimum absolute atomic E-state index is 0.0118. The monoisotopic (exact) mass is 484 g/mol. The summed E-state index contributed by atoms with van der Waals surface area (Å²) in [7, 11) is 1.52. The van der Waals surface area contributed by atoms with Gasteiger partial charge in [-0.05, 0) is 74.3 Å². The number of aromatic nitrogens is 3. The number of hydrogen-bond donors (Lipinski definition) is 0. The molecule has 2 aromatic carbocycles. The zero-order valence-electron chi connectivity index (χ0n) is 19.7. The van der Waals surface area contributed by atoms with Gasteiger partial charge in [0.2, 0.25) is 0 Å². The molecule has 0 aliphatic carbocycles. The number of nitrogens with zero attached hydrogens (tertiary/aromatic N) is 4. The van der Waals surface area contributed by atoms with Crippen LogP contribution in [-0.4, -0.2) is 28.7 Å². The average Bonchev–Trinajstić information content (AvgIpc) is 3.30. The summed E-state index contributed by atoms with van der Waals surface area (Å²) in [6, 6.07) is 15.4. The van der Waals surface area contributed by atoms with Crippen molar-refractivity contribution in [3.05, 3.63) is 95.7 Å². The van der Waals surface area contributed by atoms with Crippen LogP contribution in [0.15, 0.2) is 73.1 Å². The van der Waals surface area contributed by atoms with Gasteiger partial charge in [0.1, 0.15) is 17.1 Å². The summed E-state index contributed by atoms with van der Waals surface area (Å²) in [5.41, 5.74) is 1.79. The van der Waals surface area contributed by atoms with E-state index in [1.807, 2.05) is 13.0 Å². The fraction of sp³-hybridized carbons (Fsp3) is 0.111. The molecule has 8 nitrogen and oxygen atoms in total. The molecule has 0 bridgehead atoms. The highest BCUT2D eigenvalue weighted by Crippen LogP contribution is 2.38. The van der Waals surface area contributed by atoms with Crippen molar-refractivity contribution in [3.63, 3.8) is 0 Å². The highest BCUT2D eigenvalue weighted by atomic mass is 19.1. The van der Waals surface area contributed by atoms with Crippen LogP contribution in [-0.2, 0) is 9.59 Å². The molecule has 0 N–H and O–H groups in total. The first kappa shape index (κ1) is 23.0. The zero-order valence-corrected chi connectivity index (χ0v) is 19.7. The van der Waals surface area contributed by atoms with Crippen LogP contribution in [0.5, 0.6) is 11.6 Å². The molecule has 0 spiro atoms. The lowest BCUT2D eigenvalue weighted by Gasteiger charge is -2.16. The predicted octanol–water partition coefficient (Wildman–Crippen LogP) is 2.94. The van der Waals surface area contributed by atoms with Gasteiger partial charge in [0.25, 0.3) is 11.6 Å². The summed E-state index contributed by atoms with van der Waals surface area (Å²) < 4.78 is 21.3. The van der Waals surface area contributed by atoms with Crippen molar-refractivity contribution < 1.29 is 28.4 Å². The summed E-state index contributed by atoms with van der Waals surface area (Å²) in [4.78, 5) is 28.6. The van der Waals surface area contributed by atoms with Gasteiger partial charge in [-0.1, -0.05) is 0 Å². The van der Waals surface area contributed by atoms with E-state index in [0.29, 0.717) is 17.1 Å². The predicted molar refractivity (Wildman–Crippen MR) is 128 cm³/mol. The minimum atomic E-state index is -0.645. The smallest absolute Gasteiger partial charge is 0.331 e. The number of halogens is 1. The first-order valence-corrected chi connectivity index (χ1v) is 11.1. The molecule has 0 radical (unpaired) electrons. The fourth-order valence-electron chi connectivity index (χ4n) is 4.23. The molecule has 1 aliphatic heterocycles. The Morgan fingerprint density at radius 3 is 2.25 bits per heavy atom. The van der Waals surface area contributed by atoms with Crippen LogP contribution in [0.25, 0.3) is 17.0 Å². The highest BCUT2D eigenvalue weighted by Gasteiger charge is 2.47. The molecule has 1 aliphatic rings. The van der Waals surface area contributed by atoms with E-state index in [2.05, 4.69) is 5.10 Å². The Bertz CT molecular complexity index is 1540. The van der Waals surface area contributed by atoms with Crippen LogP contribution < -0.4 is 19.3 Å². The number of ether oxygens (including phenoxy) is 1. The maximum Gasteiger partial charge on any atom is 0.331 e. The SMILES string of the molecule is COc1ccc(N2C(=O)C(c3c(C)nn(-c4ccc(F)cc4)c3[O-])=C([n+]3cccc(C)c3)C2=O)cc1. The summed E-state index contributed by atoms with van der Waals surface area (Å²) in [5, 5.41) is 17.9. The molecule has 4 aromatic rings. The van der Waals surface area contributed by atoms with Gasteiger partial charge in [0.15, 0.2) is 12.4 Å². The van der Waals surface area contributed by atoms with Crippen LogP contribution in [0.4, 0.5) is 10.1 Å². The number of hydrogen-bond acceptors (Lipinski definition) is 5. The summed E-state index contributed by atoms with van der Waals surface area (Å²) in [6.45, 7) is 3.45. The van der Waals surface area contributed by atoms with Gasteiger partial charge in [-0.25, -0.2) is 14.0 Å². The summed E-state index contributed by atoms with van der Waals surface area (Å²) >= 11 is 0. The van der Waals surface area contributed by atoms with E-state index in [-0.39, 0.29) is 22.5 Å². The van der Waals surface area contributed by atoms with E-state index < -0.39 is 23.5 Å². The van der Waals surface area contributed by atoms with Gasteiger partial charge in [-0.15, -0.1) is 0 Å². The van der Waals surface area contributed by atoms with Gasteiger partial charge in [-0.3, -0.25) is 9.59 Å².